The number of hydrogen-bond donors (Lipinski definition) is 3. The van der Waals surface area contributed by atoms with Crippen molar-refractivity contribution >= 4 is 17.1 Å². The summed E-state index contributed by atoms with van der Waals surface area (Å²) in [5.41, 5.74) is 1.54. The number of fused-ring (bicyclic) bond motifs is 1. The monoisotopic (exact) mass is 217 g/mol. The van der Waals surface area contributed by atoms with E-state index in [4.69, 9.17) is 0 Å². The molecule has 9 heteroatoms. The molecule has 2 aromatic rings. The molecule has 2 aromatic heterocycles. The van der Waals surface area contributed by atoms with Gasteiger partial charge in [-0.1, -0.05) is 0 Å². The van der Waals surface area contributed by atoms with Gasteiger partial charge in [-0.25, -0.2) is 15.3 Å². The van der Waals surface area contributed by atoms with Crippen LogP contribution in [0, 0.1) is 0 Å². The minimum absolute atomic E-state index is 0.110. The highest BCUT2D eigenvalue weighted by atomic mass is 19.3. The van der Waals surface area contributed by atoms with Crippen LogP contribution in [-0.4, -0.2) is 26.5 Å². The number of alkyl halides is 2. The van der Waals surface area contributed by atoms with Crippen molar-refractivity contribution in [3.63, 3.8) is 0 Å². The summed E-state index contributed by atoms with van der Waals surface area (Å²) in [6.07, 6.45) is 1.27. The second kappa shape index (κ2) is 3.61. The molecule has 0 saturated carbocycles. The molecule has 0 atom stereocenters. The largest absolute Gasteiger partial charge is 0.364 e. The van der Waals surface area contributed by atoms with Crippen molar-refractivity contribution in [3.8, 4) is 0 Å². The fourth-order valence-corrected chi connectivity index (χ4v) is 0.992. The Morgan fingerprint density at radius 2 is 2.33 bits per heavy atom. The first kappa shape index (κ1) is 9.52. The molecule has 80 valence electrons. The van der Waals surface area contributed by atoms with Crippen LogP contribution >= 0.6 is 0 Å². The maximum absolute atomic E-state index is 11.6. The Morgan fingerprint density at radius 1 is 1.53 bits per heavy atom. The van der Waals surface area contributed by atoms with E-state index in [0.29, 0.717) is 0 Å². The first-order chi connectivity index (χ1) is 7.16. The molecule has 15 heavy (non-hydrogen) atoms. The number of aromatic amines is 2. The topological polar surface area (TPSA) is 95.7 Å². The molecular formula is C6H5F2N5O2. The Bertz CT molecular complexity index is 521. The average Bonchev–Trinajstić information content (AvgIpc) is 2.63. The molecule has 0 aliphatic rings. The molecule has 0 unspecified atom stereocenters. The first-order valence-corrected chi connectivity index (χ1v) is 3.80. The number of nitrogens with zero attached hydrogens (tertiary/aromatic N) is 2. The fraction of sp³-hybridized carbons (Fsp3) is 0.167. The van der Waals surface area contributed by atoms with Crippen LogP contribution < -0.4 is 11.0 Å². The zero-order valence-electron chi connectivity index (χ0n) is 7.12. The van der Waals surface area contributed by atoms with E-state index < -0.39 is 12.2 Å². The summed E-state index contributed by atoms with van der Waals surface area (Å²) in [6, 6.07) is 0. The molecule has 2 heterocycles. The lowest BCUT2D eigenvalue weighted by Crippen LogP contribution is -2.15. The van der Waals surface area contributed by atoms with Crippen molar-refractivity contribution in [2.75, 3.05) is 5.48 Å². The molecule has 7 nitrogen and oxygen atoms in total. The summed E-state index contributed by atoms with van der Waals surface area (Å²) < 4.78 is 23.3. The summed E-state index contributed by atoms with van der Waals surface area (Å²) in [7, 11) is 0. The predicted molar refractivity (Wildman–Crippen MR) is 45.2 cm³/mol. The van der Waals surface area contributed by atoms with Crippen molar-refractivity contribution in [1.82, 2.24) is 19.9 Å². The van der Waals surface area contributed by atoms with Gasteiger partial charge in [0.2, 0.25) is 5.95 Å². The number of anilines is 1. The zero-order valence-corrected chi connectivity index (χ0v) is 7.12. The lowest BCUT2D eigenvalue weighted by atomic mass is 10.5. The van der Waals surface area contributed by atoms with E-state index in [1.807, 2.05) is 0 Å². The Morgan fingerprint density at radius 3 is 3.07 bits per heavy atom. The first-order valence-electron chi connectivity index (χ1n) is 3.80. The van der Waals surface area contributed by atoms with Gasteiger partial charge in [-0.05, 0) is 0 Å². The molecule has 0 fully saturated rings. The summed E-state index contributed by atoms with van der Waals surface area (Å²) in [5.74, 6) is -0.236. The molecular weight excluding hydrogens is 212 g/mol. The van der Waals surface area contributed by atoms with Crippen molar-refractivity contribution in [1.29, 1.82) is 0 Å². The number of imidazole rings is 1. The van der Waals surface area contributed by atoms with Crippen molar-refractivity contribution in [2.24, 2.45) is 0 Å². The molecule has 3 N–H and O–H groups in total. The highest BCUT2D eigenvalue weighted by molar-refractivity contribution is 5.69. The van der Waals surface area contributed by atoms with E-state index in [2.05, 4.69) is 24.8 Å². The van der Waals surface area contributed by atoms with Gasteiger partial charge in [-0.15, -0.1) is 0 Å². The number of halogens is 2. The minimum Gasteiger partial charge on any atom is -0.339 e. The Balaban J connectivity index is 2.33. The van der Waals surface area contributed by atoms with Gasteiger partial charge in [-0.3, -0.25) is 9.78 Å². The van der Waals surface area contributed by atoms with Crippen LogP contribution in [0.1, 0.15) is 0 Å². The summed E-state index contributed by atoms with van der Waals surface area (Å²) in [6.45, 7) is -3.01. The minimum atomic E-state index is -3.01. The second-order valence-corrected chi connectivity index (χ2v) is 2.50. The number of H-pyrrole nitrogens is 2. The van der Waals surface area contributed by atoms with Gasteiger partial charge >= 0.3 is 6.61 Å². The van der Waals surface area contributed by atoms with Crippen LogP contribution in [-0.2, 0) is 4.84 Å². The van der Waals surface area contributed by atoms with Crippen LogP contribution in [0.5, 0.6) is 0 Å². The Labute approximate surface area is 80.5 Å². The van der Waals surface area contributed by atoms with Crippen molar-refractivity contribution in [2.45, 2.75) is 6.61 Å². The van der Waals surface area contributed by atoms with Gasteiger partial charge in [0.05, 0.1) is 6.33 Å². The van der Waals surface area contributed by atoms with E-state index in [0.717, 1.165) is 0 Å². The molecule has 0 saturated heterocycles. The van der Waals surface area contributed by atoms with Gasteiger partial charge in [0.1, 0.15) is 0 Å². The van der Waals surface area contributed by atoms with E-state index in [1.165, 1.54) is 6.33 Å². The summed E-state index contributed by atoms with van der Waals surface area (Å²) in [5, 5.41) is 0. The third kappa shape index (κ3) is 1.91. The van der Waals surface area contributed by atoms with Gasteiger partial charge in [0, 0.05) is 0 Å². The molecule has 0 amide bonds. The zero-order chi connectivity index (χ0) is 10.8. The highest BCUT2D eigenvalue weighted by Gasteiger charge is 2.07. The molecule has 0 spiro atoms. The molecule has 0 bridgehead atoms. The van der Waals surface area contributed by atoms with Crippen molar-refractivity contribution < 1.29 is 13.6 Å². The molecule has 2 rings (SSSR count). The lowest BCUT2D eigenvalue weighted by molar-refractivity contribution is -0.106. The van der Waals surface area contributed by atoms with Crippen LogP contribution in [0.15, 0.2) is 11.1 Å². The smallest absolute Gasteiger partial charge is 0.339 e. The van der Waals surface area contributed by atoms with E-state index >= 15 is 0 Å². The molecule has 0 aromatic carbocycles. The molecule has 0 aliphatic heterocycles. The van der Waals surface area contributed by atoms with Crippen LogP contribution in [0.2, 0.25) is 0 Å². The predicted octanol–water partition coefficient (Wildman–Crippen LogP) is 0.212. The lowest BCUT2D eigenvalue weighted by Gasteiger charge is -2.03. The van der Waals surface area contributed by atoms with Crippen molar-refractivity contribution in [3.05, 3.63) is 16.7 Å². The third-order valence-electron chi connectivity index (χ3n) is 1.54. The molecule has 0 aliphatic carbocycles. The van der Waals surface area contributed by atoms with Gasteiger partial charge < -0.3 is 4.98 Å². The number of hydrogen-bond acceptors (Lipinski definition) is 5. The van der Waals surface area contributed by atoms with E-state index in [-0.39, 0.29) is 17.1 Å². The van der Waals surface area contributed by atoms with E-state index in [1.54, 1.807) is 5.48 Å². The standard InChI is InChI=1S/C6H5F2N5O2/c7-5(8)15-13-6-11-3-2(4(14)12-6)9-1-10-3/h1,5H,(H3,9,10,11,12,13,14). The number of aromatic nitrogens is 4. The quantitative estimate of drug-likeness (QED) is 0.639. The maximum Gasteiger partial charge on any atom is 0.364 e. The second-order valence-electron chi connectivity index (χ2n) is 2.50. The fourth-order valence-electron chi connectivity index (χ4n) is 0.992. The van der Waals surface area contributed by atoms with Gasteiger partial charge in [0.15, 0.2) is 11.2 Å². The third-order valence-corrected chi connectivity index (χ3v) is 1.54. The maximum atomic E-state index is 11.6. The number of nitrogens with one attached hydrogen (secondary N) is 3. The van der Waals surface area contributed by atoms with E-state index in [9.17, 15) is 13.6 Å². The van der Waals surface area contributed by atoms with Crippen LogP contribution in [0.25, 0.3) is 11.2 Å². The average molecular weight is 217 g/mol. The van der Waals surface area contributed by atoms with Crippen LogP contribution in [0.4, 0.5) is 14.7 Å². The Kier molecular flexibility index (Phi) is 2.29. The molecule has 0 radical (unpaired) electrons. The Hall–Kier alpha value is -2.03. The number of rotatable bonds is 3. The summed E-state index contributed by atoms with van der Waals surface area (Å²) >= 11 is 0. The van der Waals surface area contributed by atoms with Crippen LogP contribution in [0.3, 0.4) is 0 Å². The summed E-state index contributed by atoms with van der Waals surface area (Å²) in [4.78, 5) is 27.1. The van der Waals surface area contributed by atoms with Gasteiger partial charge in [0.25, 0.3) is 5.56 Å². The SMILES string of the molecule is O=c1[nH]c(NOC(F)F)nc2nc[nH]c12. The normalized spacial score (nSPS) is 11.1. The van der Waals surface area contributed by atoms with Gasteiger partial charge in [-0.2, -0.15) is 13.8 Å². The highest BCUT2D eigenvalue weighted by Crippen LogP contribution is 2.04.